The monoisotopic (exact) mass is 281 g/mol. The van der Waals surface area contributed by atoms with Crippen molar-refractivity contribution >= 4 is 0 Å². The fourth-order valence-electron chi connectivity index (χ4n) is 4.24. The average Bonchev–Trinajstić information content (AvgIpc) is 2.93. The van der Waals surface area contributed by atoms with Crippen LogP contribution in [-0.2, 0) is 4.74 Å². The molecule has 1 N–H and O–H groups in total. The van der Waals surface area contributed by atoms with Crippen molar-refractivity contribution in [3.8, 4) is 0 Å². The minimum absolute atomic E-state index is 0.581. The minimum atomic E-state index is 0.581. The molecule has 0 bridgehead atoms. The maximum absolute atomic E-state index is 5.76. The van der Waals surface area contributed by atoms with Gasteiger partial charge in [0.2, 0.25) is 0 Å². The molecule has 1 aliphatic heterocycles. The van der Waals surface area contributed by atoms with E-state index < -0.39 is 0 Å². The second kappa shape index (κ2) is 8.38. The van der Waals surface area contributed by atoms with Crippen LogP contribution < -0.4 is 5.32 Å². The third-order valence-corrected chi connectivity index (χ3v) is 5.56. The molecule has 1 saturated carbocycles. The minimum Gasteiger partial charge on any atom is -0.378 e. The van der Waals surface area contributed by atoms with E-state index in [1.807, 2.05) is 0 Å². The lowest BCUT2D eigenvalue weighted by Gasteiger charge is -2.38. The molecule has 118 valence electrons. The van der Waals surface area contributed by atoms with Crippen molar-refractivity contribution in [2.45, 2.75) is 84.3 Å². The summed E-state index contributed by atoms with van der Waals surface area (Å²) in [5, 5.41) is 3.74. The lowest BCUT2D eigenvalue weighted by Crippen LogP contribution is -2.41. The summed E-state index contributed by atoms with van der Waals surface area (Å²) in [5.41, 5.74) is 0. The van der Waals surface area contributed by atoms with Crippen LogP contribution in [0.4, 0.5) is 0 Å². The van der Waals surface area contributed by atoms with E-state index in [1.165, 1.54) is 51.4 Å². The zero-order valence-electron chi connectivity index (χ0n) is 13.9. The number of hydrogen-bond donors (Lipinski definition) is 1. The van der Waals surface area contributed by atoms with Crippen molar-refractivity contribution in [2.24, 2.45) is 17.8 Å². The highest BCUT2D eigenvalue weighted by atomic mass is 16.5. The summed E-state index contributed by atoms with van der Waals surface area (Å²) in [5.74, 6) is 2.72. The Bertz CT molecular complexity index is 260. The smallest absolute Gasteiger partial charge is 0.0576 e. The SMILES string of the molecule is CCNC1CCC(C(C)C)CC1CCCC1CCCO1. The van der Waals surface area contributed by atoms with Gasteiger partial charge in [-0.3, -0.25) is 0 Å². The molecule has 2 heteroatoms. The fourth-order valence-corrected chi connectivity index (χ4v) is 4.24. The summed E-state index contributed by atoms with van der Waals surface area (Å²) in [6.07, 6.45) is 11.5. The first-order valence-corrected chi connectivity index (χ1v) is 9.05. The number of hydrogen-bond acceptors (Lipinski definition) is 2. The molecule has 0 radical (unpaired) electrons. The van der Waals surface area contributed by atoms with Gasteiger partial charge in [-0.15, -0.1) is 0 Å². The van der Waals surface area contributed by atoms with E-state index in [-0.39, 0.29) is 0 Å². The van der Waals surface area contributed by atoms with Gasteiger partial charge in [0, 0.05) is 12.6 Å². The van der Waals surface area contributed by atoms with E-state index >= 15 is 0 Å². The van der Waals surface area contributed by atoms with Crippen LogP contribution >= 0.6 is 0 Å². The van der Waals surface area contributed by atoms with Gasteiger partial charge < -0.3 is 10.1 Å². The van der Waals surface area contributed by atoms with Gasteiger partial charge in [-0.2, -0.15) is 0 Å². The van der Waals surface area contributed by atoms with E-state index in [2.05, 4.69) is 26.1 Å². The number of rotatable bonds is 7. The molecule has 0 aromatic heterocycles. The Kier molecular flexibility index (Phi) is 6.83. The van der Waals surface area contributed by atoms with E-state index in [0.717, 1.165) is 36.9 Å². The van der Waals surface area contributed by atoms with Crippen molar-refractivity contribution in [3.63, 3.8) is 0 Å². The molecule has 4 unspecified atom stereocenters. The Balaban J connectivity index is 1.76. The summed E-state index contributed by atoms with van der Waals surface area (Å²) in [6, 6.07) is 0.777. The standard InChI is InChI=1S/C18H35NO/c1-4-19-18-11-10-15(14(2)3)13-16(18)7-5-8-17-9-6-12-20-17/h14-19H,4-13H2,1-3H3. The lowest BCUT2D eigenvalue weighted by molar-refractivity contribution is 0.0961. The molecule has 0 aromatic carbocycles. The quantitative estimate of drug-likeness (QED) is 0.747. The first kappa shape index (κ1) is 16.3. The van der Waals surface area contributed by atoms with Crippen molar-refractivity contribution in [2.75, 3.05) is 13.2 Å². The molecule has 2 fully saturated rings. The van der Waals surface area contributed by atoms with E-state index in [1.54, 1.807) is 0 Å². The van der Waals surface area contributed by atoms with Gasteiger partial charge >= 0.3 is 0 Å². The van der Waals surface area contributed by atoms with Gasteiger partial charge in [0.05, 0.1) is 6.10 Å². The molecule has 1 aliphatic carbocycles. The molecule has 4 atom stereocenters. The first-order chi connectivity index (χ1) is 9.70. The Morgan fingerprint density at radius 2 is 2.00 bits per heavy atom. The van der Waals surface area contributed by atoms with Crippen LogP contribution in [0.1, 0.15) is 72.1 Å². The summed E-state index contributed by atoms with van der Waals surface area (Å²) in [7, 11) is 0. The van der Waals surface area contributed by atoms with Gasteiger partial charge in [0.15, 0.2) is 0 Å². The van der Waals surface area contributed by atoms with Gasteiger partial charge in [-0.1, -0.05) is 27.2 Å². The molecule has 0 aromatic rings. The maximum Gasteiger partial charge on any atom is 0.0576 e. The van der Waals surface area contributed by atoms with E-state index in [0.29, 0.717) is 6.10 Å². The van der Waals surface area contributed by atoms with E-state index in [9.17, 15) is 0 Å². The Hall–Kier alpha value is -0.0800. The predicted octanol–water partition coefficient (Wildman–Crippen LogP) is 4.39. The zero-order valence-corrected chi connectivity index (χ0v) is 13.9. The molecular formula is C18H35NO. The highest BCUT2D eigenvalue weighted by molar-refractivity contribution is 4.86. The molecule has 0 spiro atoms. The van der Waals surface area contributed by atoms with Crippen LogP contribution in [0.5, 0.6) is 0 Å². The fraction of sp³-hybridized carbons (Fsp3) is 1.00. The topological polar surface area (TPSA) is 21.3 Å². The van der Waals surface area contributed by atoms with Gasteiger partial charge in [0.25, 0.3) is 0 Å². The van der Waals surface area contributed by atoms with Crippen molar-refractivity contribution in [3.05, 3.63) is 0 Å². The summed E-state index contributed by atoms with van der Waals surface area (Å²) >= 11 is 0. The normalized spacial score (nSPS) is 34.8. The first-order valence-electron chi connectivity index (χ1n) is 9.05. The molecule has 20 heavy (non-hydrogen) atoms. The van der Waals surface area contributed by atoms with Crippen LogP contribution in [0.3, 0.4) is 0 Å². The second-order valence-electron chi connectivity index (χ2n) is 7.31. The third kappa shape index (κ3) is 4.73. The molecule has 1 heterocycles. The van der Waals surface area contributed by atoms with Gasteiger partial charge in [-0.25, -0.2) is 0 Å². The molecule has 2 aliphatic rings. The molecule has 2 nitrogen and oxygen atoms in total. The van der Waals surface area contributed by atoms with E-state index in [4.69, 9.17) is 4.74 Å². The predicted molar refractivity (Wildman–Crippen MR) is 86.0 cm³/mol. The van der Waals surface area contributed by atoms with Crippen molar-refractivity contribution in [1.29, 1.82) is 0 Å². The van der Waals surface area contributed by atoms with Gasteiger partial charge in [-0.05, 0) is 69.2 Å². The lowest BCUT2D eigenvalue weighted by atomic mass is 9.72. The average molecular weight is 281 g/mol. The highest BCUT2D eigenvalue weighted by Crippen LogP contribution is 2.36. The van der Waals surface area contributed by atoms with Crippen LogP contribution in [0.25, 0.3) is 0 Å². The second-order valence-corrected chi connectivity index (χ2v) is 7.31. The zero-order chi connectivity index (χ0) is 14.4. The van der Waals surface area contributed by atoms with Crippen LogP contribution in [0, 0.1) is 17.8 Å². The van der Waals surface area contributed by atoms with Crippen LogP contribution in [0.2, 0.25) is 0 Å². The maximum atomic E-state index is 5.76. The highest BCUT2D eigenvalue weighted by Gasteiger charge is 2.31. The summed E-state index contributed by atoms with van der Waals surface area (Å²) < 4.78 is 5.76. The molecule has 2 rings (SSSR count). The summed E-state index contributed by atoms with van der Waals surface area (Å²) in [4.78, 5) is 0. The van der Waals surface area contributed by atoms with Crippen molar-refractivity contribution in [1.82, 2.24) is 5.32 Å². The van der Waals surface area contributed by atoms with Crippen LogP contribution in [0.15, 0.2) is 0 Å². The largest absolute Gasteiger partial charge is 0.378 e. The molecule has 0 amide bonds. The third-order valence-electron chi connectivity index (χ3n) is 5.56. The number of nitrogens with one attached hydrogen (secondary N) is 1. The van der Waals surface area contributed by atoms with Gasteiger partial charge in [0.1, 0.15) is 0 Å². The van der Waals surface area contributed by atoms with Crippen molar-refractivity contribution < 1.29 is 4.74 Å². The van der Waals surface area contributed by atoms with Crippen LogP contribution in [-0.4, -0.2) is 25.3 Å². The molecular weight excluding hydrogens is 246 g/mol. The Morgan fingerprint density at radius 3 is 2.65 bits per heavy atom. The number of ether oxygens (including phenoxy) is 1. The Labute approximate surface area is 126 Å². The molecule has 1 saturated heterocycles. The Morgan fingerprint density at radius 1 is 1.15 bits per heavy atom. The summed E-state index contributed by atoms with van der Waals surface area (Å²) in [6.45, 7) is 9.18.